The second kappa shape index (κ2) is 7.26. The molecule has 1 aromatic carbocycles. The fourth-order valence-corrected chi connectivity index (χ4v) is 3.58. The van der Waals surface area contributed by atoms with Crippen molar-refractivity contribution in [3.8, 4) is 5.75 Å². The van der Waals surface area contributed by atoms with Gasteiger partial charge in [0, 0.05) is 45.0 Å². The second-order valence-corrected chi connectivity index (χ2v) is 6.70. The standard InChI is InChI=1S/C20H23N5O2/c1-23-18-7-8-21-14-17(18)22-20(23)25-10-4-9-24(11-12-25)19(26)15-5-3-6-16(13-15)27-2/h3,5-8,13-14H,4,9-12H2,1-2H3. The Balaban J connectivity index is 1.51. The Hall–Kier alpha value is -3.09. The Morgan fingerprint density at radius 1 is 1.15 bits per heavy atom. The number of nitrogens with zero attached hydrogens (tertiary/aromatic N) is 5. The monoisotopic (exact) mass is 365 g/mol. The smallest absolute Gasteiger partial charge is 0.254 e. The molecule has 0 unspecified atom stereocenters. The number of imidazole rings is 1. The highest BCUT2D eigenvalue weighted by atomic mass is 16.5. The highest BCUT2D eigenvalue weighted by Gasteiger charge is 2.23. The molecule has 0 bridgehead atoms. The number of carbonyl (C=O) groups is 1. The van der Waals surface area contributed by atoms with Gasteiger partial charge in [0.25, 0.3) is 5.91 Å². The van der Waals surface area contributed by atoms with Crippen LogP contribution in [0.5, 0.6) is 5.75 Å². The number of fused-ring (bicyclic) bond motifs is 1. The van der Waals surface area contributed by atoms with Crippen molar-refractivity contribution in [1.29, 1.82) is 0 Å². The van der Waals surface area contributed by atoms with E-state index >= 15 is 0 Å². The van der Waals surface area contributed by atoms with Crippen molar-refractivity contribution >= 4 is 22.9 Å². The zero-order chi connectivity index (χ0) is 18.8. The van der Waals surface area contributed by atoms with Crippen LogP contribution in [-0.4, -0.2) is 58.6 Å². The molecule has 2 aromatic heterocycles. The topological polar surface area (TPSA) is 63.5 Å². The molecule has 0 radical (unpaired) electrons. The first-order valence-electron chi connectivity index (χ1n) is 9.12. The molecule has 1 amide bonds. The Morgan fingerprint density at radius 2 is 2.04 bits per heavy atom. The molecule has 7 nitrogen and oxygen atoms in total. The van der Waals surface area contributed by atoms with Crippen molar-refractivity contribution in [1.82, 2.24) is 19.4 Å². The predicted molar refractivity (Wildman–Crippen MR) is 104 cm³/mol. The summed E-state index contributed by atoms with van der Waals surface area (Å²) in [5, 5.41) is 0. The molecule has 0 spiro atoms. The first kappa shape index (κ1) is 17.3. The molecule has 1 aliphatic heterocycles. The van der Waals surface area contributed by atoms with E-state index in [1.807, 2.05) is 36.2 Å². The third-order valence-electron chi connectivity index (χ3n) is 5.04. The number of pyridine rings is 1. The van der Waals surface area contributed by atoms with E-state index in [2.05, 4.69) is 14.5 Å². The summed E-state index contributed by atoms with van der Waals surface area (Å²) in [6.45, 7) is 3.02. The maximum Gasteiger partial charge on any atom is 0.254 e. The number of methoxy groups -OCH3 is 1. The maximum atomic E-state index is 12.9. The number of aromatic nitrogens is 3. The lowest BCUT2D eigenvalue weighted by Crippen LogP contribution is -2.35. The molecule has 140 valence electrons. The van der Waals surface area contributed by atoms with Gasteiger partial charge in [-0.25, -0.2) is 4.98 Å². The number of aryl methyl sites for hydroxylation is 1. The second-order valence-electron chi connectivity index (χ2n) is 6.70. The molecule has 3 aromatic rings. The van der Waals surface area contributed by atoms with Crippen LogP contribution in [0.15, 0.2) is 42.7 Å². The molecule has 0 N–H and O–H groups in total. The van der Waals surface area contributed by atoms with Crippen LogP contribution in [0.3, 0.4) is 0 Å². The number of anilines is 1. The SMILES string of the molecule is COc1cccc(C(=O)N2CCCN(c3nc4cnccc4n3C)CC2)c1. The number of rotatable bonds is 3. The van der Waals surface area contributed by atoms with E-state index in [0.717, 1.165) is 43.0 Å². The van der Waals surface area contributed by atoms with Crippen molar-refractivity contribution in [2.75, 3.05) is 38.2 Å². The van der Waals surface area contributed by atoms with Crippen LogP contribution in [0.1, 0.15) is 16.8 Å². The molecule has 1 saturated heterocycles. The van der Waals surface area contributed by atoms with Crippen LogP contribution >= 0.6 is 0 Å². The molecule has 27 heavy (non-hydrogen) atoms. The average molecular weight is 365 g/mol. The van der Waals surface area contributed by atoms with Crippen LogP contribution in [-0.2, 0) is 7.05 Å². The number of amides is 1. The van der Waals surface area contributed by atoms with E-state index in [-0.39, 0.29) is 5.91 Å². The van der Waals surface area contributed by atoms with E-state index in [1.165, 1.54) is 0 Å². The van der Waals surface area contributed by atoms with E-state index in [0.29, 0.717) is 17.9 Å². The lowest BCUT2D eigenvalue weighted by Gasteiger charge is -2.23. The van der Waals surface area contributed by atoms with Gasteiger partial charge in [-0.1, -0.05) is 6.07 Å². The van der Waals surface area contributed by atoms with Gasteiger partial charge in [-0.15, -0.1) is 0 Å². The molecule has 1 fully saturated rings. The summed E-state index contributed by atoms with van der Waals surface area (Å²) in [4.78, 5) is 26.0. The summed E-state index contributed by atoms with van der Waals surface area (Å²) in [6.07, 6.45) is 4.47. The Morgan fingerprint density at radius 3 is 2.85 bits per heavy atom. The largest absolute Gasteiger partial charge is 0.497 e. The van der Waals surface area contributed by atoms with Gasteiger partial charge in [0.05, 0.1) is 18.8 Å². The minimum atomic E-state index is 0.0463. The highest BCUT2D eigenvalue weighted by Crippen LogP contribution is 2.22. The minimum absolute atomic E-state index is 0.0463. The Kier molecular flexibility index (Phi) is 4.66. The summed E-state index contributed by atoms with van der Waals surface area (Å²) in [7, 11) is 3.63. The van der Waals surface area contributed by atoms with Crippen molar-refractivity contribution in [3.63, 3.8) is 0 Å². The van der Waals surface area contributed by atoms with Gasteiger partial charge in [0.15, 0.2) is 0 Å². The first-order valence-corrected chi connectivity index (χ1v) is 9.12. The lowest BCUT2D eigenvalue weighted by atomic mass is 10.2. The fraction of sp³-hybridized carbons (Fsp3) is 0.350. The number of hydrogen-bond acceptors (Lipinski definition) is 5. The van der Waals surface area contributed by atoms with Gasteiger partial charge >= 0.3 is 0 Å². The van der Waals surface area contributed by atoms with Crippen LogP contribution in [0.25, 0.3) is 11.0 Å². The Bertz CT molecular complexity index is 968. The summed E-state index contributed by atoms with van der Waals surface area (Å²) >= 11 is 0. The van der Waals surface area contributed by atoms with Crippen molar-refractivity contribution < 1.29 is 9.53 Å². The molecular weight excluding hydrogens is 342 g/mol. The van der Waals surface area contributed by atoms with Crippen molar-refractivity contribution in [3.05, 3.63) is 48.3 Å². The first-order chi connectivity index (χ1) is 13.2. The predicted octanol–water partition coefficient (Wildman–Crippen LogP) is 2.33. The van der Waals surface area contributed by atoms with Crippen LogP contribution in [0, 0.1) is 0 Å². The van der Waals surface area contributed by atoms with Crippen LogP contribution in [0.4, 0.5) is 5.95 Å². The van der Waals surface area contributed by atoms with Gasteiger partial charge in [-0.2, -0.15) is 0 Å². The number of carbonyl (C=O) groups excluding carboxylic acids is 1. The number of benzene rings is 1. The summed E-state index contributed by atoms with van der Waals surface area (Å²) in [6, 6.07) is 9.31. The molecule has 0 saturated carbocycles. The average Bonchev–Trinajstić information content (AvgIpc) is 2.89. The normalized spacial score (nSPS) is 15.0. The third-order valence-corrected chi connectivity index (χ3v) is 5.04. The summed E-state index contributed by atoms with van der Waals surface area (Å²) < 4.78 is 7.33. The third kappa shape index (κ3) is 3.32. The minimum Gasteiger partial charge on any atom is -0.497 e. The molecule has 1 aliphatic rings. The molecule has 7 heteroatoms. The van der Waals surface area contributed by atoms with E-state index in [1.54, 1.807) is 25.6 Å². The zero-order valence-electron chi connectivity index (χ0n) is 15.6. The Labute approximate surface area is 158 Å². The number of hydrogen-bond donors (Lipinski definition) is 0. The highest BCUT2D eigenvalue weighted by molar-refractivity contribution is 5.94. The molecule has 0 atom stereocenters. The van der Waals surface area contributed by atoms with Gasteiger partial charge in [0.1, 0.15) is 11.3 Å². The van der Waals surface area contributed by atoms with Gasteiger partial charge in [-0.3, -0.25) is 9.78 Å². The molecule has 0 aliphatic carbocycles. The maximum absolute atomic E-state index is 12.9. The van der Waals surface area contributed by atoms with E-state index in [4.69, 9.17) is 9.72 Å². The molecule has 3 heterocycles. The van der Waals surface area contributed by atoms with Gasteiger partial charge in [-0.05, 0) is 30.7 Å². The lowest BCUT2D eigenvalue weighted by molar-refractivity contribution is 0.0766. The molecular formula is C20H23N5O2. The van der Waals surface area contributed by atoms with Gasteiger partial charge in [0.2, 0.25) is 5.95 Å². The van der Waals surface area contributed by atoms with Crippen molar-refractivity contribution in [2.45, 2.75) is 6.42 Å². The van der Waals surface area contributed by atoms with Crippen molar-refractivity contribution in [2.24, 2.45) is 7.05 Å². The fourth-order valence-electron chi connectivity index (χ4n) is 3.58. The van der Waals surface area contributed by atoms with E-state index in [9.17, 15) is 4.79 Å². The summed E-state index contributed by atoms with van der Waals surface area (Å²) in [5.74, 6) is 1.67. The quantitative estimate of drug-likeness (QED) is 0.713. The van der Waals surface area contributed by atoms with Crippen LogP contribution < -0.4 is 9.64 Å². The number of ether oxygens (including phenoxy) is 1. The summed E-state index contributed by atoms with van der Waals surface area (Å²) in [5.41, 5.74) is 2.62. The van der Waals surface area contributed by atoms with E-state index < -0.39 is 0 Å². The van der Waals surface area contributed by atoms with Gasteiger partial charge < -0.3 is 19.1 Å². The zero-order valence-corrected chi connectivity index (χ0v) is 15.6. The molecule has 4 rings (SSSR count). The van der Waals surface area contributed by atoms with Crippen LogP contribution in [0.2, 0.25) is 0 Å².